The van der Waals surface area contributed by atoms with Gasteiger partial charge in [0, 0.05) is 24.2 Å². The number of terminal acetylenes is 1. The lowest BCUT2D eigenvalue weighted by Gasteiger charge is -2.11. The Kier molecular flexibility index (Phi) is 5.83. The Labute approximate surface area is 113 Å². The number of nitrogens with one attached hydrogen (secondary N) is 1. The molecule has 0 aromatic heterocycles. The summed E-state index contributed by atoms with van der Waals surface area (Å²) in [5.74, 6) is 3.47. The van der Waals surface area contributed by atoms with Gasteiger partial charge in [0.15, 0.2) is 0 Å². The number of hydrogen-bond donors (Lipinski definition) is 1. The van der Waals surface area contributed by atoms with Crippen molar-refractivity contribution in [3.05, 3.63) is 33.9 Å². The number of non-ortho nitro benzene ring substituents is 1. The third-order valence-electron chi connectivity index (χ3n) is 2.43. The molecule has 0 aliphatic carbocycles. The van der Waals surface area contributed by atoms with Crippen LogP contribution < -0.4 is 10.1 Å². The Balaban J connectivity index is 2.84. The predicted octanol–water partition coefficient (Wildman–Crippen LogP) is 2.35. The Hall–Kier alpha value is -2.06. The topological polar surface area (TPSA) is 64.4 Å². The summed E-state index contributed by atoms with van der Waals surface area (Å²) in [5.41, 5.74) is 0.791. The van der Waals surface area contributed by atoms with Gasteiger partial charge in [0.25, 0.3) is 5.69 Å². The van der Waals surface area contributed by atoms with E-state index in [2.05, 4.69) is 25.1 Å². The summed E-state index contributed by atoms with van der Waals surface area (Å²) in [4.78, 5) is 10.4. The molecule has 1 aromatic rings. The van der Waals surface area contributed by atoms with E-state index in [1.807, 2.05) is 0 Å². The minimum absolute atomic E-state index is 0.0504. The smallest absolute Gasteiger partial charge is 0.270 e. The van der Waals surface area contributed by atoms with Gasteiger partial charge in [0.2, 0.25) is 0 Å². The molecule has 0 heterocycles. The minimum Gasteiger partial charge on any atom is -0.481 e. The van der Waals surface area contributed by atoms with Gasteiger partial charge in [-0.05, 0) is 18.5 Å². The summed E-state index contributed by atoms with van der Waals surface area (Å²) in [6, 6.07) is 4.51. The van der Waals surface area contributed by atoms with E-state index in [9.17, 15) is 10.1 Å². The zero-order valence-corrected chi connectivity index (χ0v) is 11.2. The lowest BCUT2D eigenvalue weighted by molar-refractivity contribution is -0.384. The highest BCUT2D eigenvalue weighted by atomic mass is 16.6. The van der Waals surface area contributed by atoms with Crippen LogP contribution in [0.25, 0.3) is 0 Å². The molecule has 0 aliphatic heterocycles. The Morgan fingerprint density at radius 1 is 1.53 bits per heavy atom. The number of benzene rings is 1. The highest BCUT2D eigenvalue weighted by molar-refractivity contribution is 5.43. The highest BCUT2D eigenvalue weighted by Gasteiger charge is 2.11. The van der Waals surface area contributed by atoms with E-state index in [0.717, 1.165) is 12.1 Å². The molecule has 5 heteroatoms. The molecule has 0 aliphatic rings. The highest BCUT2D eigenvalue weighted by Crippen LogP contribution is 2.24. The monoisotopic (exact) mass is 262 g/mol. The van der Waals surface area contributed by atoms with Crippen LogP contribution in [0.3, 0.4) is 0 Å². The van der Waals surface area contributed by atoms with Crippen LogP contribution in [-0.4, -0.2) is 18.1 Å². The van der Waals surface area contributed by atoms with Crippen LogP contribution in [0.2, 0.25) is 0 Å². The molecule has 0 amide bonds. The molecule has 0 bridgehead atoms. The Morgan fingerprint density at radius 3 is 2.84 bits per heavy atom. The van der Waals surface area contributed by atoms with Crippen molar-refractivity contribution in [1.82, 2.24) is 5.32 Å². The molecule has 0 spiro atoms. The second-order valence-electron chi connectivity index (χ2n) is 4.57. The lowest BCUT2D eigenvalue weighted by atomic mass is 10.1. The second kappa shape index (κ2) is 7.39. The van der Waals surface area contributed by atoms with Gasteiger partial charge in [0.05, 0.1) is 4.92 Å². The van der Waals surface area contributed by atoms with Crippen LogP contribution in [-0.2, 0) is 6.54 Å². The first kappa shape index (κ1) is 15.0. The van der Waals surface area contributed by atoms with E-state index in [0.29, 0.717) is 18.2 Å². The van der Waals surface area contributed by atoms with Crippen molar-refractivity contribution in [3.63, 3.8) is 0 Å². The van der Waals surface area contributed by atoms with Crippen molar-refractivity contribution in [3.8, 4) is 18.1 Å². The zero-order chi connectivity index (χ0) is 14.3. The van der Waals surface area contributed by atoms with Crippen molar-refractivity contribution in [1.29, 1.82) is 0 Å². The van der Waals surface area contributed by atoms with Gasteiger partial charge in [-0.15, -0.1) is 6.42 Å². The van der Waals surface area contributed by atoms with E-state index in [-0.39, 0.29) is 12.3 Å². The van der Waals surface area contributed by atoms with Crippen molar-refractivity contribution in [2.24, 2.45) is 5.92 Å². The van der Waals surface area contributed by atoms with Crippen LogP contribution in [0, 0.1) is 28.4 Å². The lowest BCUT2D eigenvalue weighted by Crippen LogP contribution is -2.19. The van der Waals surface area contributed by atoms with Gasteiger partial charge in [-0.1, -0.05) is 19.8 Å². The largest absolute Gasteiger partial charge is 0.481 e. The third-order valence-corrected chi connectivity index (χ3v) is 2.43. The van der Waals surface area contributed by atoms with E-state index in [1.165, 1.54) is 12.1 Å². The summed E-state index contributed by atoms with van der Waals surface area (Å²) < 4.78 is 5.38. The molecule has 1 aromatic carbocycles. The van der Waals surface area contributed by atoms with Gasteiger partial charge in [-0.25, -0.2) is 0 Å². The SMILES string of the molecule is C#CCOc1ccc([N+](=O)[O-])cc1CNCC(C)C. The number of hydrogen-bond acceptors (Lipinski definition) is 4. The number of ether oxygens (including phenoxy) is 1. The first-order chi connectivity index (χ1) is 9.04. The summed E-state index contributed by atoms with van der Waals surface area (Å²) >= 11 is 0. The Morgan fingerprint density at radius 2 is 2.26 bits per heavy atom. The summed E-state index contributed by atoms with van der Waals surface area (Å²) in [7, 11) is 0. The molecule has 0 saturated carbocycles. The maximum Gasteiger partial charge on any atom is 0.270 e. The number of nitro groups is 1. The summed E-state index contributed by atoms with van der Waals surface area (Å²) in [6.45, 7) is 5.68. The molecule has 0 atom stereocenters. The molecule has 1 N–H and O–H groups in total. The molecule has 1 rings (SSSR count). The maximum absolute atomic E-state index is 10.8. The molecule has 19 heavy (non-hydrogen) atoms. The van der Waals surface area contributed by atoms with Gasteiger partial charge in [-0.3, -0.25) is 10.1 Å². The van der Waals surface area contributed by atoms with Crippen LogP contribution in [0.15, 0.2) is 18.2 Å². The Bertz CT molecular complexity index is 478. The molecule has 0 fully saturated rings. The fourth-order valence-corrected chi connectivity index (χ4v) is 1.57. The molecule has 102 valence electrons. The van der Waals surface area contributed by atoms with Crippen LogP contribution in [0.1, 0.15) is 19.4 Å². The summed E-state index contributed by atoms with van der Waals surface area (Å²) in [6.07, 6.45) is 5.15. The second-order valence-corrected chi connectivity index (χ2v) is 4.57. The van der Waals surface area contributed by atoms with Crippen molar-refractivity contribution in [2.45, 2.75) is 20.4 Å². The van der Waals surface area contributed by atoms with Crippen LogP contribution in [0.4, 0.5) is 5.69 Å². The van der Waals surface area contributed by atoms with E-state index < -0.39 is 4.92 Å². The fraction of sp³-hybridized carbons (Fsp3) is 0.429. The fourth-order valence-electron chi connectivity index (χ4n) is 1.57. The molecule has 5 nitrogen and oxygen atoms in total. The number of rotatable bonds is 7. The van der Waals surface area contributed by atoms with Gasteiger partial charge >= 0.3 is 0 Å². The van der Waals surface area contributed by atoms with Crippen LogP contribution in [0.5, 0.6) is 5.75 Å². The zero-order valence-electron chi connectivity index (χ0n) is 11.2. The molecule has 0 saturated heterocycles. The average molecular weight is 262 g/mol. The number of nitro benzene ring substituents is 1. The number of nitrogens with zero attached hydrogens (tertiary/aromatic N) is 1. The third kappa shape index (κ3) is 4.98. The quantitative estimate of drug-likeness (QED) is 0.465. The predicted molar refractivity (Wildman–Crippen MR) is 74.0 cm³/mol. The van der Waals surface area contributed by atoms with Gasteiger partial charge in [-0.2, -0.15) is 0 Å². The molecular formula is C14H18N2O3. The molecular weight excluding hydrogens is 244 g/mol. The standard InChI is InChI=1S/C14H18N2O3/c1-4-7-19-14-6-5-13(16(17)18)8-12(14)10-15-9-11(2)3/h1,5-6,8,11,15H,7,9-10H2,2-3H3. The van der Waals surface area contributed by atoms with E-state index in [4.69, 9.17) is 11.2 Å². The molecule has 0 radical (unpaired) electrons. The summed E-state index contributed by atoms with van der Waals surface area (Å²) in [5, 5.41) is 14.0. The first-order valence-corrected chi connectivity index (χ1v) is 6.09. The van der Waals surface area contributed by atoms with E-state index in [1.54, 1.807) is 6.07 Å². The minimum atomic E-state index is -0.420. The van der Waals surface area contributed by atoms with Gasteiger partial charge < -0.3 is 10.1 Å². The molecule has 0 unspecified atom stereocenters. The van der Waals surface area contributed by atoms with Crippen molar-refractivity contribution < 1.29 is 9.66 Å². The first-order valence-electron chi connectivity index (χ1n) is 6.09. The average Bonchev–Trinajstić information content (AvgIpc) is 2.36. The van der Waals surface area contributed by atoms with Crippen LogP contribution >= 0.6 is 0 Å². The normalized spacial score (nSPS) is 10.2. The van der Waals surface area contributed by atoms with Gasteiger partial charge in [0.1, 0.15) is 12.4 Å². The van der Waals surface area contributed by atoms with Crippen molar-refractivity contribution >= 4 is 5.69 Å². The maximum atomic E-state index is 10.8. The van der Waals surface area contributed by atoms with Crippen molar-refractivity contribution in [2.75, 3.05) is 13.2 Å². The van der Waals surface area contributed by atoms with E-state index >= 15 is 0 Å².